The predicted molar refractivity (Wildman–Crippen MR) is 72.8 cm³/mol. The van der Waals surface area contributed by atoms with Gasteiger partial charge in [0.2, 0.25) is 0 Å². The summed E-state index contributed by atoms with van der Waals surface area (Å²) in [5.74, 6) is -1.48. The summed E-state index contributed by atoms with van der Waals surface area (Å²) in [6, 6.07) is 4.78. The SMILES string of the molecule is CN(Cc1cccc(F)c1F)C1CCCCC1Br. The van der Waals surface area contributed by atoms with E-state index in [0.29, 0.717) is 23.0 Å². The molecular weight excluding hydrogens is 300 g/mol. The number of benzene rings is 1. The van der Waals surface area contributed by atoms with Gasteiger partial charge in [-0.3, -0.25) is 4.90 Å². The Morgan fingerprint density at radius 3 is 2.72 bits per heavy atom. The summed E-state index contributed by atoms with van der Waals surface area (Å²) >= 11 is 3.69. The van der Waals surface area contributed by atoms with E-state index < -0.39 is 11.6 Å². The molecule has 0 amide bonds. The summed E-state index contributed by atoms with van der Waals surface area (Å²) in [5, 5.41) is 0. The van der Waals surface area contributed by atoms with Crippen LogP contribution in [-0.2, 0) is 6.54 Å². The van der Waals surface area contributed by atoms with Gasteiger partial charge in [-0.25, -0.2) is 8.78 Å². The topological polar surface area (TPSA) is 3.24 Å². The van der Waals surface area contributed by atoms with Gasteiger partial charge in [-0.1, -0.05) is 40.9 Å². The lowest BCUT2D eigenvalue weighted by molar-refractivity contribution is 0.190. The van der Waals surface area contributed by atoms with Gasteiger partial charge in [0, 0.05) is 23.0 Å². The van der Waals surface area contributed by atoms with Gasteiger partial charge in [0.05, 0.1) is 0 Å². The molecule has 1 saturated carbocycles. The van der Waals surface area contributed by atoms with Gasteiger partial charge in [-0.15, -0.1) is 0 Å². The number of nitrogens with zero attached hydrogens (tertiary/aromatic N) is 1. The fourth-order valence-corrected chi connectivity index (χ4v) is 3.61. The molecule has 0 heterocycles. The Morgan fingerprint density at radius 2 is 2.00 bits per heavy atom. The fourth-order valence-electron chi connectivity index (χ4n) is 2.62. The van der Waals surface area contributed by atoms with Crippen molar-refractivity contribution < 1.29 is 8.78 Å². The van der Waals surface area contributed by atoms with Gasteiger partial charge >= 0.3 is 0 Å². The van der Waals surface area contributed by atoms with E-state index in [0.717, 1.165) is 18.9 Å². The van der Waals surface area contributed by atoms with Gasteiger partial charge in [0.1, 0.15) is 0 Å². The number of hydrogen-bond acceptors (Lipinski definition) is 1. The van der Waals surface area contributed by atoms with Crippen molar-refractivity contribution in [3.8, 4) is 0 Å². The van der Waals surface area contributed by atoms with E-state index in [9.17, 15) is 8.78 Å². The second-order valence-electron chi connectivity index (χ2n) is 5.00. The summed E-state index contributed by atoms with van der Waals surface area (Å²) < 4.78 is 26.8. The number of rotatable bonds is 3. The van der Waals surface area contributed by atoms with Crippen molar-refractivity contribution in [1.29, 1.82) is 0 Å². The molecule has 4 heteroatoms. The molecule has 1 aromatic carbocycles. The minimum Gasteiger partial charge on any atom is -0.298 e. The molecule has 1 aliphatic carbocycles. The quantitative estimate of drug-likeness (QED) is 0.758. The summed E-state index contributed by atoms with van der Waals surface area (Å²) in [4.78, 5) is 2.57. The fraction of sp³-hybridized carbons (Fsp3) is 0.571. The zero-order valence-corrected chi connectivity index (χ0v) is 12.1. The standard InChI is InChI=1S/C14H18BrF2N/c1-18(13-8-3-2-6-11(13)15)9-10-5-4-7-12(16)14(10)17/h4-5,7,11,13H,2-3,6,8-9H2,1H3. The van der Waals surface area contributed by atoms with Crippen LogP contribution in [0.4, 0.5) is 8.78 Å². The van der Waals surface area contributed by atoms with Gasteiger partial charge in [-0.2, -0.15) is 0 Å². The lowest BCUT2D eigenvalue weighted by atomic mass is 9.94. The summed E-state index contributed by atoms with van der Waals surface area (Å²) in [6.45, 7) is 0.455. The van der Waals surface area contributed by atoms with Crippen molar-refractivity contribution in [2.75, 3.05) is 7.05 Å². The van der Waals surface area contributed by atoms with Gasteiger partial charge in [0.15, 0.2) is 11.6 Å². The minimum absolute atomic E-state index is 0.404. The van der Waals surface area contributed by atoms with Crippen molar-refractivity contribution in [3.63, 3.8) is 0 Å². The van der Waals surface area contributed by atoms with E-state index in [2.05, 4.69) is 20.8 Å². The first-order valence-electron chi connectivity index (χ1n) is 6.37. The molecule has 0 N–H and O–H groups in total. The van der Waals surface area contributed by atoms with Crippen LogP contribution in [0.25, 0.3) is 0 Å². The second kappa shape index (κ2) is 6.11. The lowest BCUT2D eigenvalue weighted by Crippen LogP contribution is -2.40. The molecule has 2 rings (SSSR count). The minimum atomic E-state index is -0.764. The molecule has 0 spiro atoms. The highest BCUT2D eigenvalue weighted by atomic mass is 79.9. The number of alkyl halides is 1. The molecule has 0 aliphatic heterocycles. The Morgan fingerprint density at radius 1 is 1.28 bits per heavy atom. The van der Waals surface area contributed by atoms with Crippen LogP contribution in [0.2, 0.25) is 0 Å². The van der Waals surface area contributed by atoms with E-state index in [4.69, 9.17) is 0 Å². The Bertz CT molecular complexity index is 411. The second-order valence-corrected chi connectivity index (χ2v) is 6.17. The van der Waals surface area contributed by atoms with Crippen LogP contribution in [0, 0.1) is 11.6 Å². The van der Waals surface area contributed by atoms with Crippen LogP contribution in [-0.4, -0.2) is 22.8 Å². The first kappa shape index (κ1) is 13.9. The highest BCUT2D eigenvalue weighted by molar-refractivity contribution is 9.09. The molecule has 0 radical (unpaired) electrons. The Balaban J connectivity index is 2.06. The molecule has 18 heavy (non-hydrogen) atoms. The average molecular weight is 318 g/mol. The van der Waals surface area contributed by atoms with Crippen molar-refractivity contribution in [3.05, 3.63) is 35.4 Å². The maximum Gasteiger partial charge on any atom is 0.163 e. The first-order valence-corrected chi connectivity index (χ1v) is 7.28. The zero-order valence-electron chi connectivity index (χ0n) is 10.5. The van der Waals surface area contributed by atoms with Crippen LogP contribution < -0.4 is 0 Å². The van der Waals surface area contributed by atoms with Gasteiger partial charge < -0.3 is 0 Å². The van der Waals surface area contributed by atoms with E-state index in [1.165, 1.54) is 12.8 Å². The van der Waals surface area contributed by atoms with Gasteiger partial charge in [-0.05, 0) is 26.0 Å². The first-order chi connectivity index (χ1) is 8.59. The van der Waals surface area contributed by atoms with Crippen molar-refractivity contribution in [2.45, 2.75) is 43.1 Å². The van der Waals surface area contributed by atoms with Crippen molar-refractivity contribution >= 4 is 15.9 Å². The van der Waals surface area contributed by atoms with Gasteiger partial charge in [0.25, 0.3) is 0 Å². The summed E-state index contributed by atoms with van der Waals surface area (Å²) in [5.41, 5.74) is 0.433. The number of halogens is 3. The van der Waals surface area contributed by atoms with E-state index >= 15 is 0 Å². The maximum absolute atomic E-state index is 13.6. The normalized spacial score (nSPS) is 24.5. The van der Waals surface area contributed by atoms with Crippen LogP contribution in [0.1, 0.15) is 31.2 Å². The van der Waals surface area contributed by atoms with Crippen LogP contribution in [0.3, 0.4) is 0 Å². The number of hydrogen-bond donors (Lipinski definition) is 0. The molecule has 2 unspecified atom stereocenters. The molecule has 2 atom stereocenters. The molecule has 100 valence electrons. The van der Waals surface area contributed by atoms with E-state index in [1.54, 1.807) is 12.1 Å². The van der Waals surface area contributed by atoms with Crippen LogP contribution in [0.15, 0.2) is 18.2 Å². The molecule has 0 aromatic heterocycles. The lowest BCUT2D eigenvalue weighted by Gasteiger charge is -2.35. The highest BCUT2D eigenvalue weighted by Gasteiger charge is 2.26. The molecule has 1 aliphatic rings. The smallest absolute Gasteiger partial charge is 0.163 e. The molecule has 1 aromatic rings. The summed E-state index contributed by atoms with van der Waals surface area (Å²) in [6.07, 6.45) is 4.72. The molecule has 1 fully saturated rings. The van der Waals surface area contributed by atoms with Crippen molar-refractivity contribution in [1.82, 2.24) is 4.90 Å². The third kappa shape index (κ3) is 3.09. The van der Waals surface area contributed by atoms with Crippen LogP contribution >= 0.6 is 15.9 Å². The molecule has 0 bridgehead atoms. The highest BCUT2D eigenvalue weighted by Crippen LogP contribution is 2.29. The predicted octanol–water partition coefficient (Wildman–Crippen LogP) is 4.10. The van der Waals surface area contributed by atoms with E-state index in [-0.39, 0.29) is 0 Å². The Hall–Kier alpha value is -0.480. The maximum atomic E-state index is 13.6. The Kier molecular flexibility index (Phi) is 4.73. The van der Waals surface area contributed by atoms with Crippen LogP contribution in [0.5, 0.6) is 0 Å². The summed E-state index contributed by atoms with van der Waals surface area (Å²) in [7, 11) is 1.98. The van der Waals surface area contributed by atoms with E-state index in [1.807, 2.05) is 7.05 Å². The van der Waals surface area contributed by atoms with Crippen molar-refractivity contribution in [2.24, 2.45) is 0 Å². The molecule has 1 nitrogen and oxygen atoms in total. The largest absolute Gasteiger partial charge is 0.298 e. The average Bonchev–Trinajstić information content (AvgIpc) is 2.35. The zero-order chi connectivity index (χ0) is 13.1. The molecule has 0 saturated heterocycles. The third-order valence-corrected chi connectivity index (χ3v) is 4.73. The molecular formula is C14H18BrF2N. The third-order valence-electron chi connectivity index (χ3n) is 3.66. The Labute approximate surface area is 115 Å². The monoisotopic (exact) mass is 317 g/mol.